The molecule has 1 aromatic heterocycles. The van der Waals surface area contributed by atoms with Gasteiger partial charge in [0, 0.05) is 23.2 Å². The normalized spacial score (nSPS) is 15.0. The minimum absolute atomic E-state index is 0.0700. The van der Waals surface area contributed by atoms with Gasteiger partial charge in [-0.2, -0.15) is 0 Å². The van der Waals surface area contributed by atoms with Gasteiger partial charge >= 0.3 is 5.69 Å². The zero-order valence-electron chi connectivity index (χ0n) is 13.1. The second kappa shape index (κ2) is 7.57. The van der Waals surface area contributed by atoms with Crippen LogP contribution >= 0.6 is 15.9 Å². The molecule has 8 heteroatoms. The average Bonchev–Trinajstić information content (AvgIpc) is 2.83. The van der Waals surface area contributed by atoms with E-state index in [4.69, 9.17) is 0 Å². The molecule has 1 aliphatic heterocycles. The van der Waals surface area contributed by atoms with Gasteiger partial charge in [-0.15, -0.1) is 0 Å². The number of rotatable bonds is 4. The molecule has 1 saturated heterocycles. The van der Waals surface area contributed by atoms with Crippen molar-refractivity contribution in [3.63, 3.8) is 0 Å². The second-order valence-corrected chi connectivity index (χ2v) is 6.60. The Morgan fingerprint density at radius 2 is 1.92 bits per heavy atom. The third-order valence-corrected chi connectivity index (χ3v) is 4.47. The molecule has 0 unspecified atom stereocenters. The third kappa shape index (κ3) is 3.81. The van der Waals surface area contributed by atoms with Crippen molar-refractivity contribution in [1.82, 2.24) is 9.97 Å². The minimum atomic E-state index is -0.402. The van der Waals surface area contributed by atoms with Gasteiger partial charge in [-0.3, -0.25) is 10.1 Å². The van der Waals surface area contributed by atoms with Crippen LogP contribution in [0.1, 0.15) is 25.7 Å². The Balaban J connectivity index is 1.97. The average molecular weight is 392 g/mol. The Hall–Kier alpha value is -2.22. The highest BCUT2D eigenvalue weighted by atomic mass is 79.9. The lowest BCUT2D eigenvalue weighted by molar-refractivity contribution is -0.383. The number of hydrogen-bond acceptors (Lipinski definition) is 6. The lowest BCUT2D eigenvalue weighted by atomic mass is 10.2. The van der Waals surface area contributed by atoms with Crippen LogP contribution in [0.25, 0.3) is 0 Å². The Morgan fingerprint density at radius 1 is 1.17 bits per heavy atom. The summed E-state index contributed by atoms with van der Waals surface area (Å²) in [4.78, 5) is 21.6. The molecule has 0 radical (unpaired) electrons. The SMILES string of the molecule is O=[N+]([O-])c1c(Nc2cccc(Br)c2)ncnc1N1CCCCCC1. The first kappa shape index (κ1) is 16.6. The highest BCUT2D eigenvalue weighted by Crippen LogP contribution is 2.34. The molecule has 1 N–H and O–H groups in total. The number of nitrogens with one attached hydrogen (secondary N) is 1. The van der Waals surface area contributed by atoms with Crippen LogP contribution in [-0.2, 0) is 0 Å². The van der Waals surface area contributed by atoms with Gasteiger partial charge in [0.2, 0.25) is 11.6 Å². The van der Waals surface area contributed by atoms with Crippen LogP contribution in [-0.4, -0.2) is 28.0 Å². The van der Waals surface area contributed by atoms with Gasteiger partial charge in [-0.25, -0.2) is 9.97 Å². The first-order valence-corrected chi connectivity index (χ1v) is 8.71. The largest absolute Gasteiger partial charge is 0.353 e. The van der Waals surface area contributed by atoms with Crippen molar-refractivity contribution in [3.05, 3.63) is 45.2 Å². The minimum Gasteiger partial charge on any atom is -0.351 e. The molecule has 0 aliphatic carbocycles. The first-order chi connectivity index (χ1) is 11.6. The monoisotopic (exact) mass is 391 g/mol. The van der Waals surface area contributed by atoms with Gasteiger partial charge in [0.25, 0.3) is 0 Å². The Kier molecular flexibility index (Phi) is 5.24. The van der Waals surface area contributed by atoms with E-state index in [1.807, 2.05) is 29.2 Å². The van der Waals surface area contributed by atoms with Gasteiger partial charge < -0.3 is 10.2 Å². The smallest absolute Gasteiger partial charge is 0.351 e. The molecular weight excluding hydrogens is 374 g/mol. The summed E-state index contributed by atoms with van der Waals surface area (Å²) in [6.07, 6.45) is 5.73. The molecule has 3 rings (SSSR count). The molecule has 2 aromatic rings. The predicted molar refractivity (Wildman–Crippen MR) is 96.8 cm³/mol. The summed E-state index contributed by atoms with van der Waals surface area (Å²) in [7, 11) is 0. The first-order valence-electron chi connectivity index (χ1n) is 7.92. The number of anilines is 3. The zero-order chi connectivity index (χ0) is 16.9. The molecule has 7 nitrogen and oxygen atoms in total. The van der Waals surface area contributed by atoms with E-state index in [0.717, 1.165) is 48.9 Å². The van der Waals surface area contributed by atoms with Gasteiger partial charge in [0.05, 0.1) is 4.92 Å². The Labute approximate surface area is 148 Å². The van der Waals surface area contributed by atoms with Crippen molar-refractivity contribution >= 4 is 38.9 Å². The van der Waals surface area contributed by atoms with Crippen molar-refractivity contribution in [1.29, 1.82) is 0 Å². The standard InChI is InChI=1S/C16H18BrN5O2/c17-12-6-5-7-13(10-12)20-15-14(22(23)24)16(19-11-18-15)21-8-3-1-2-4-9-21/h5-7,10-11H,1-4,8-9H2,(H,18,19,20). The fraction of sp³-hybridized carbons (Fsp3) is 0.375. The molecule has 1 aliphatic rings. The molecule has 0 saturated carbocycles. The van der Waals surface area contributed by atoms with E-state index >= 15 is 0 Å². The summed E-state index contributed by atoms with van der Waals surface area (Å²) in [5.41, 5.74) is 0.660. The van der Waals surface area contributed by atoms with Gasteiger partial charge in [0.1, 0.15) is 6.33 Å². The molecule has 0 bridgehead atoms. The molecule has 0 spiro atoms. The Morgan fingerprint density at radius 3 is 2.58 bits per heavy atom. The molecule has 1 aromatic carbocycles. The molecule has 0 atom stereocenters. The van der Waals surface area contributed by atoms with Crippen LogP contribution < -0.4 is 10.2 Å². The van der Waals surface area contributed by atoms with Gasteiger partial charge in [-0.05, 0) is 31.0 Å². The number of nitrogens with zero attached hydrogens (tertiary/aromatic N) is 4. The summed E-state index contributed by atoms with van der Waals surface area (Å²) in [6, 6.07) is 7.43. The highest BCUT2D eigenvalue weighted by molar-refractivity contribution is 9.10. The van der Waals surface area contributed by atoms with E-state index in [2.05, 4.69) is 31.2 Å². The van der Waals surface area contributed by atoms with Gasteiger partial charge in [-0.1, -0.05) is 34.8 Å². The van der Waals surface area contributed by atoms with E-state index in [1.54, 1.807) is 0 Å². The van der Waals surface area contributed by atoms with E-state index in [0.29, 0.717) is 5.82 Å². The van der Waals surface area contributed by atoms with Crippen LogP contribution in [0.15, 0.2) is 35.1 Å². The van der Waals surface area contributed by atoms with Crippen molar-refractivity contribution in [2.24, 2.45) is 0 Å². The summed E-state index contributed by atoms with van der Waals surface area (Å²) in [5.74, 6) is 0.613. The van der Waals surface area contributed by atoms with Crippen molar-refractivity contribution in [3.8, 4) is 0 Å². The van der Waals surface area contributed by atoms with Crippen molar-refractivity contribution in [2.75, 3.05) is 23.3 Å². The summed E-state index contributed by atoms with van der Waals surface area (Å²) < 4.78 is 0.886. The van der Waals surface area contributed by atoms with Crippen molar-refractivity contribution in [2.45, 2.75) is 25.7 Å². The summed E-state index contributed by atoms with van der Waals surface area (Å²) in [5, 5.41) is 14.7. The van der Waals surface area contributed by atoms with Crippen molar-refractivity contribution < 1.29 is 4.92 Å². The third-order valence-electron chi connectivity index (χ3n) is 3.98. The molecule has 0 amide bonds. The van der Waals surface area contributed by atoms with Crippen LogP contribution in [0.5, 0.6) is 0 Å². The lowest BCUT2D eigenvalue weighted by Crippen LogP contribution is -2.26. The van der Waals surface area contributed by atoms with E-state index < -0.39 is 4.92 Å². The maximum absolute atomic E-state index is 11.7. The van der Waals surface area contributed by atoms with Gasteiger partial charge in [0.15, 0.2) is 0 Å². The lowest BCUT2D eigenvalue weighted by Gasteiger charge is -2.21. The van der Waals surface area contributed by atoms with E-state index in [9.17, 15) is 10.1 Å². The van der Waals surface area contributed by atoms with Crippen LogP contribution in [0.4, 0.5) is 23.0 Å². The molecular formula is C16H18BrN5O2. The highest BCUT2D eigenvalue weighted by Gasteiger charge is 2.27. The number of halogens is 1. The van der Waals surface area contributed by atoms with Crippen LogP contribution in [0.3, 0.4) is 0 Å². The summed E-state index contributed by atoms with van der Waals surface area (Å²) in [6.45, 7) is 1.57. The molecule has 24 heavy (non-hydrogen) atoms. The van der Waals surface area contributed by atoms with E-state index in [1.165, 1.54) is 6.33 Å². The number of benzene rings is 1. The van der Waals surface area contributed by atoms with Crippen LogP contribution in [0.2, 0.25) is 0 Å². The predicted octanol–water partition coefficient (Wildman–Crippen LogP) is 4.27. The fourth-order valence-corrected chi connectivity index (χ4v) is 3.25. The van der Waals surface area contributed by atoms with Crippen LogP contribution in [0, 0.1) is 10.1 Å². The van der Waals surface area contributed by atoms with E-state index in [-0.39, 0.29) is 11.5 Å². The maximum Gasteiger partial charge on any atom is 0.353 e. The fourth-order valence-electron chi connectivity index (χ4n) is 2.85. The number of hydrogen-bond donors (Lipinski definition) is 1. The quantitative estimate of drug-likeness (QED) is 0.618. The topological polar surface area (TPSA) is 84.2 Å². The second-order valence-electron chi connectivity index (χ2n) is 5.69. The maximum atomic E-state index is 11.7. The molecule has 1 fully saturated rings. The summed E-state index contributed by atoms with van der Waals surface area (Å²) >= 11 is 3.39. The number of nitro groups is 1. The zero-order valence-corrected chi connectivity index (χ0v) is 14.7. The molecule has 126 valence electrons. The molecule has 2 heterocycles. The number of aromatic nitrogens is 2. The Bertz CT molecular complexity index is 732.